The smallest absolute Gasteiger partial charge is 0.413 e. The van der Waals surface area contributed by atoms with Crippen molar-refractivity contribution in [1.82, 2.24) is 9.80 Å². The molecule has 3 amide bonds. The van der Waals surface area contributed by atoms with E-state index in [0.29, 0.717) is 17.7 Å². The number of hydrogen-bond acceptors (Lipinski definition) is 14. The standard InChI is InChI=1S/C38H53N5O12/c1-9-10-11-12-13-25(45)54-18-55-36(52)43(37(2,3)4)17-24(44)40-22-16-23(41(5)6)20-14-19-15-21-29(42(7)8)32(48)28(35(39)51)34(50)38(21,53)33(49)26(19)31(47)27(20)30(22)46/h16,19,21,26,28-29,46,53H,9-15,17-18H2,1-8H3,(H2,39,51)(H,40,44)/t19-,21-,26?,28?,29-,38-/m0/s1. The van der Waals surface area contributed by atoms with Crippen LogP contribution in [-0.2, 0) is 44.7 Å². The molecule has 2 saturated carbocycles. The number of amides is 3. The van der Waals surface area contributed by atoms with Crippen LogP contribution in [0.3, 0.4) is 0 Å². The number of primary amides is 1. The summed E-state index contributed by atoms with van der Waals surface area (Å²) in [6.07, 6.45) is 2.62. The van der Waals surface area contributed by atoms with Gasteiger partial charge in [0.05, 0.1) is 23.2 Å². The van der Waals surface area contributed by atoms with E-state index < -0.39 is 107 Å². The number of aromatic hydroxyl groups is 1. The zero-order valence-corrected chi connectivity index (χ0v) is 32.7. The molecule has 0 heterocycles. The van der Waals surface area contributed by atoms with E-state index in [1.807, 2.05) is 6.92 Å². The van der Waals surface area contributed by atoms with Crippen molar-refractivity contribution in [3.05, 3.63) is 17.2 Å². The van der Waals surface area contributed by atoms with Crippen LogP contribution in [0.4, 0.5) is 16.2 Å². The van der Waals surface area contributed by atoms with Gasteiger partial charge in [0.1, 0.15) is 12.3 Å². The molecular weight excluding hydrogens is 718 g/mol. The van der Waals surface area contributed by atoms with Crippen molar-refractivity contribution in [1.29, 1.82) is 0 Å². The molecule has 3 aliphatic rings. The van der Waals surface area contributed by atoms with Gasteiger partial charge in [-0.15, -0.1) is 0 Å². The number of anilines is 2. The van der Waals surface area contributed by atoms with Crippen LogP contribution < -0.4 is 16.0 Å². The number of carbonyl (C=O) groups excluding carboxylic acids is 8. The van der Waals surface area contributed by atoms with E-state index in [2.05, 4.69) is 5.32 Å². The number of nitrogens with zero attached hydrogens (tertiary/aromatic N) is 3. The van der Waals surface area contributed by atoms with Crippen molar-refractivity contribution in [3.8, 4) is 5.75 Å². The highest BCUT2D eigenvalue weighted by Crippen LogP contribution is 2.52. The first kappa shape index (κ1) is 42.8. The summed E-state index contributed by atoms with van der Waals surface area (Å²) in [6.45, 7) is 5.75. The molecule has 0 radical (unpaired) electrons. The van der Waals surface area contributed by atoms with Crippen molar-refractivity contribution in [2.45, 2.75) is 89.8 Å². The lowest BCUT2D eigenvalue weighted by atomic mass is 9.52. The van der Waals surface area contributed by atoms with Crippen molar-refractivity contribution in [3.63, 3.8) is 0 Å². The van der Waals surface area contributed by atoms with Crippen LogP contribution in [0.5, 0.6) is 5.75 Å². The Kier molecular flexibility index (Phi) is 12.8. The Morgan fingerprint density at radius 1 is 1.00 bits per heavy atom. The molecule has 0 aliphatic heterocycles. The van der Waals surface area contributed by atoms with Gasteiger partial charge in [0, 0.05) is 37.7 Å². The molecule has 1 aromatic carbocycles. The van der Waals surface area contributed by atoms with Crippen LogP contribution in [0.15, 0.2) is 6.07 Å². The summed E-state index contributed by atoms with van der Waals surface area (Å²) in [5.74, 6) is -13.5. The molecule has 3 aliphatic carbocycles. The number of Topliss-reactive ketones (excluding diaryl/α,β-unsaturated/α-hetero) is 4. The number of fused-ring (bicyclic) bond motifs is 3. The van der Waals surface area contributed by atoms with E-state index in [0.717, 1.165) is 24.2 Å². The van der Waals surface area contributed by atoms with E-state index >= 15 is 0 Å². The van der Waals surface area contributed by atoms with Gasteiger partial charge in [-0.05, 0) is 71.7 Å². The molecule has 0 saturated heterocycles. The Balaban J connectivity index is 1.61. The molecule has 6 atom stereocenters. The Morgan fingerprint density at radius 3 is 2.22 bits per heavy atom. The number of rotatable bonds is 13. The lowest BCUT2D eigenvalue weighted by Crippen LogP contribution is -2.74. The van der Waals surface area contributed by atoms with Gasteiger partial charge in [0.2, 0.25) is 18.6 Å². The van der Waals surface area contributed by atoms with E-state index in [1.165, 1.54) is 25.1 Å². The van der Waals surface area contributed by atoms with Crippen LogP contribution in [-0.4, -0.2) is 126 Å². The molecule has 1 aromatic rings. The first-order valence-electron chi connectivity index (χ1n) is 18.4. The summed E-state index contributed by atoms with van der Waals surface area (Å²) in [6, 6.07) is 0.204. The third kappa shape index (κ3) is 8.22. The van der Waals surface area contributed by atoms with Crippen molar-refractivity contribution in [2.24, 2.45) is 29.4 Å². The average Bonchev–Trinajstić information content (AvgIpc) is 3.07. The van der Waals surface area contributed by atoms with Gasteiger partial charge in [-0.2, -0.15) is 0 Å². The minimum atomic E-state index is -2.89. The number of carbonyl (C=O) groups is 8. The fourth-order valence-corrected chi connectivity index (χ4v) is 8.05. The first-order valence-corrected chi connectivity index (χ1v) is 18.4. The zero-order valence-electron chi connectivity index (χ0n) is 32.7. The predicted molar refractivity (Wildman–Crippen MR) is 197 cm³/mol. The number of phenolic OH excluding ortho intramolecular Hbond substituents is 1. The normalized spacial score (nSPS) is 24.7. The number of nitrogens with one attached hydrogen (secondary N) is 1. The second-order valence-electron chi connectivity index (χ2n) is 16.0. The average molecular weight is 772 g/mol. The Hall–Kier alpha value is -4.90. The number of nitrogens with two attached hydrogens (primary N) is 1. The highest BCUT2D eigenvalue weighted by Gasteiger charge is 2.69. The third-order valence-corrected chi connectivity index (χ3v) is 10.8. The molecule has 17 heteroatoms. The molecule has 302 valence electrons. The Labute approximate surface area is 319 Å². The van der Waals surface area contributed by atoms with Crippen molar-refractivity contribution in [2.75, 3.05) is 51.7 Å². The summed E-state index contributed by atoms with van der Waals surface area (Å²) in [7, 11) is 6.34. The lowest BCUT2D eigenvalue weighted by molar-refractivity contribution is -0.181. The van der Waals surface area contributed by atoms with Gasteiger partial charge >= 0.3 is 12.1 Å². The molecule has 0 bridgehead atoms. The van der Waals surface area contributed by atoms with Crippen molar-refractivity contribution < 1.29 is 58.0 Å². The van der Waals surface area contributed by atoms with Crippen LogP contribution in [0.1, 0.15) is 82.1 Å². The number of unbranched alkanes of at least 4 members (excludes halogenated alkanes) is 3. The number of hydrogen-bond donors (Lipinski definition) is 4. The molecule has 55 heavy (non-hydrogen) atoms. The minimum absolute atomic E-state index is 0.0219. The quantitative estimate of drug-likeness (QED) is 0.0732. The van der Waals surface area contributed by atoms with E-state index in [4.69, 9.17) is 15.2 Å². The van der Waals surface area contributed by atoms with E-state index in [9.17, 15) is 48.6 Å². The molecule has 2 unspecified atom stereocenters. The van der Waals surface area contributed by atoms with Crippen LogP contribution >= 0.6 is 0 Å². The zero-order chi connectivity index (χ0) is 41.3. The third-order valence-electron chi connectivity index (χ3n) is 10.8. The largest absolute Gasteiger partial charge is 0.505 e. The number of phenols is 1. The van der Waals surface area contributed by atoms with Crippen LogP contribution in [0.2, 0.25) is 0 Å². The molecule has 4 rings (SSSR count). The topological polar surface area (TPSA) is 243 Å². The minimum Gasteiger partial charge on any atom is -0.505 e. The van der Waals surface area contributed by atoms with Gasteiger partial charge in [-0.25, -0.2) is 4.79 Å². The Morgan fingerprint density at radius 2 is 1.65 bits per heavy atom. The molecule has 0 aromatic heterocycles. The number of likely N-dealkylation sites (N-methyl/N-ethyl adjacent to an activating group) is 1. The van der Waals surface area contributed by atoms with Gasteiger partial charge in [0.25, 0.3) is 0 Å². The second kappa shape index (κ2) is 16.5. The SMILES string of the molecule is CCCCCCC(=O)OCOC(=O)N(CC(=O)Nc1cc(N(C)C)c2c(c1O)C(=O)C1C(=O)[C@]3(O)C(=O)C(C(N)=O)C(=O)[C@@H](N(C)C)[C@@H]3C[C@@H]1C2)C(C)(C)C. The monoisotopic (exact) mass is 771 g/mol. The van der Waals surface area contributed by atoms with Gasteiger partial charge in [0.15, 0.2) is 34.7 Å². The fraction of sp³-hybridized carbons (Fsp3) is 0.632. The maximum absolute atomic E-state index is 14.3. The van der Waals surface area contributed by atoms with Gasteiger partial charge in [-0.1, -0.05) is 26.2 Å². The van der Waals surface area contributed by atoms with Crippen LogP contribution in [0.25, 0.3) is 0 Å². The number of benzene rings is 1. The van der Waals surface area contributed by atoms with E-state index in [-0.39, 0.29) is 30.5 Å². The van der Waals surface area contributed by atoms with E-state index in [1.54, 1.807) is 39.8 Å². The Bertz CT molecular complexity index is 1770. The highest BCUT2D eigenvalue weighted by molar-refractivity contribution is 6.32. The van der Waals surface area contributed by atoms with Crippen LogP contribution in [0, 0.1) is 23.7 Å². The van der Waals surface area contributed by atoms with Gasteiger partial charge < -0.3 is 35.6 Å². The van der Waals surface area contributed by atoms with Crippen molar-refractivity contribution >= 4 is 58.4 Å². The predicted octanol–water partition coefficient (Wildman–Crippen LogP) is 1.58. The number of esters is 1. The number of aliphatic hydroxyl groups is 1. The molecular formula is C38H53N5O12. The number of ether oxygens (including phenoxy) is 2. The first-order chi connectivity index (χ1) is 25.6. The number of ketones is 4. The summed E-state index contributed by atoms with van der Waals surface area (Å²) in [5.41, 5.74) is 1.76. The summed E-state index contributed by atoms with van der Waals surface area (Å²) in [5, 5.41) is 26.0. The maximum atomic E-state index is 14.3. The van der Waals surface area contributed by atoms with Gasteiger partial charge in [-0.3, -0.25) is 43.4 Å². The fourth-order valence-electron chi connectivity index (χ4n) is 8.05. The molecule has 0 spiro atoms. The maximum Gasteiger partial charge on any atom is 0.413 e. The molecule has 17 nitrogen and oxygen atoms in total. The summed E-state index contributed by atoms with van der Waals surface area (Å²) < 4.78 is 10.2. The summed E-state index contributed by atoms with van der Waals surface area (Å²) >= 11 is 0. The highest BCUT2D eigenvalue weighted by atomic mass is 16.7. The summed E-state index contributed by atoms with van der Waals surface area (Å²) in [4.78, 5) is 110. The molecule has 5 N–H and O–H groups in total. The lowest BCUT2D eigenvalue weighted by Gasteiger charge is -2.52. The second-order valence-corrected chi connectivity index (χ2v) is 16.0. The molecule has 2 fully saturated rings.